The van der Waals surface area contributed by atoms with Crippen LogP contribution in [-0.4, -0.2) is 29.7 Å². The normalized spacial score (nSPS) is 14.7. The third kappa shape index (κ3) is 4.58. The number of carbonyl (C=O) groups excluding carboxylic acids is 2. The highest BCUT2D eigenvalue weighted by atomic mass is 79.9. The molecule has 1 saturated heterocycles. The number of amides is 2. The molecule has 0 spiro atoms. The molecule has 0 aliphatic carbocycles. The van der Waals surface area contributed by atoms with Crippen molar-refractivity contribution in [3.63, 3.8) is 0 Å². The minimum absolute atomic E-state index is 0.170. The van der Waals surface area contributed by atoms with Crippen LogP contribution in [0.1, 0.15) is 16.7 Å². The lowest BCUT2D eigenvalue weighted by Gasteiger charge is -2.13. The van der Waals surface area contributed by atoms with Crippen LogP contribution in [0.25, 0.3) is 6.08 Å². The lowest BCUT2D eigenvalue weighted by atomic mass is 10.1. The van der Waals surface area contributed by atoms with Crippen molar-refractivity contribution in [3.05, 3.63) is 75.1 Å². The van der Waals surface area contributed by atoms with Gasteiger partial charge in [0.05, 0.1) is 23.6 Å². The quantitative estimate of drug-likeness (QED) is 0.400. The third-order valence-corrected chi connectivity index (χ3v) is 5.87. The van der Waals surface area contributed by atoms with E-state index in [-0.39, 0.29) is 24.3 Å². The zero-order valence-electron chi connectivity index (χ0n) is 16.1. The molecule has 2 aromatic carbocycles. The Labute approximate surface area is 186 Å². The maximum absolute atomic E-state index is 12.4. The number of hydrogen-bond donors (Lipinski definition) is 0. The highest BCUT2D eigenvalue weighted by Crippen LogP contribution is 2.38. The molecule has 2 amide bonds. The Morgan fingerprint density at radius 2 is 2.03 bits per heavy atom. The molecule has 8 heteroatoms. The average molecular weight is 485 g/mol. The van der Waals surface area contributed by atoms with E-state index in [1.807, 2.05) is 12.1 Å². The molecular formula is C22H17BrN2O4S. The molecule has 2 aromatic rings. The second-order valence-electron chi connectivity index (χ2n) is 6.16. The summed E-state index contributed by atoms with van der Waals surface area (Å²) in [5.41, 5.74) is 1.97. The lowest BCUT2D eigenvalue weighted by Crippen LogP contribution is -2.27. The molecule has 152 valence electrons. The first-order chi connectivity index (χ1) is 14.5. The zero-order chi connectivity index (χ0) is 21.7. The smallest absolute Gasteiger partial charge is 0.293 e. The van der Waals surface area contributed by atoms with Crippen LogP contribution in [0.5, 0.6) is 11.5 Å². The van der Waals surface area contributed by atoms with Crippen LogP contribution in [-0.2, 0) is 11.4 Å². The second kappa shape index (κ2) is 9.65. The van der Waals surface area contributed by atoms with Crippen molar-refractivity contribution in [2.75, 3.05) is 13.7 Å². The monoisotopic (exact) mass is 484 g/mol. The largest absolute Gasteiger partial charge is 0.493 e. The van der Waals surface area contributed by atoms with Crippen molar-refractivity contribution in [2.24, 2.45) is 0 Å². The molecule has 3 rings (SSSR count). The van der Waals surface area contributed by atoms with E-state index in [0.717, 1.165) is 22.2 Å². The average Bonchev–Trinajstić information content (AvgIpc) is 3.01. The van der Waals surface area contributed by atoms with Crippen molar-refractivity contribution in [1.29, 1.82) is 5.26 Å². The minimum Gasteiger partial charge on any atom is -0.493 e. The summed E-state index contributed by atoms with van der Waals surface area (Å²) in [6.45, 7) is 3.94. The highest BCUT2D eigenvalue weighted by Gasteiger charge is 2.34. The van der Waals surface area contributed by atoms with Gasteiger partial charge in [0.15, 0.2) is 11.5 Å². The van der Waals surface area contributed by atoms with E-state index >= 15 is 0 Å². The molecule has 30 heavy (non-hydrogen) atoms. The fourth-order valence-corrected chi connectivity index (χ4v) is 4.05. The van der Waals surface area contributed by atoms with Gasteiger partial charge in [0.2, 0.25) is 0 Å². The number of hydrogen-bond acceptors (Lipinski definition) is 6. The van der Waals surface area contributed by atoms with Gasteiger partial charge in [-0.15, -0.1) is 6.58 Å². The molecule has 0 aromatic heterocycles. The first-order valence-corrected chi connectivity index (χ1v) is 10.4. The van der Waals surface area contributed by atoms with Crippen LogP contribution < -0.4 is 9.47 Å². The molecule has 1 aliphatic heterocycles. The van der Waals surface area contributed by atoms with Gasteiger partial charge in [0, 0.05) is 16.6 Å². The van der Waals surface area contributed by atoms with Gasteiger partial charge >= 0.3 is 0 Å². The molecule has 1 aliphatic rings. The van der Waals surface area contributed by atoms with E-state index in [2.05, 4.69) is 28.6 Å². The molecule has 1 fully saturated rings. The third-order valence-electron chi connectivity index (χ3n) is 4.28. The number of carbonyl (C=O) groups is 2. The molecule has 0 atom stereocenters. The van der Waals surface area contributed by atoms with Crippen LogP contribution in [0, 0.1) is 11.3 Å². The van der Waals surface area contributed by atoms with Gasteiger partial charge in [-0.3, -0.25) is 14.5 Å². The Bertz CT molecular complexity index is 1090. The second-order valence-corrected chi connectivity index (χ2v) is 8.01. The van der Waals surface area contributed by atoms with Gasteiger partial charge in [0.25, 0.3) is 11.1 Å². The molecule has 0 bridgehead atoms. The highest BCUT2D eigenvalue weighted by molar-refractivity contribution is 9.10. The molecular weight excluding hydrogens is 468 g/mol. The van der Waals surface area contributed by atoms with E-state index < -0.39 is 0 Å². The summed E-state index contributed by atoms with van der Waals surface area (Å²) >= 11 is 4.37. The van der Waals surface area contributed by atoms with Crippen LogP contribution in [0.4, 0.5) is 4.79 Å². The number of methoxy groups -OCH3 is 1. The van der Waals surface area contributed by atoms with Crippen molar-refractivity contribution in [1.82, 2.24) is 4.90 Å². The molecule has 0 radical (unpaired) electrons. The number of rotatable bonds is 7. The van der Waals surface area contributed by atoms with Gasteiger partial charge in [-0.05, 0) is 41.6 Å². The van der Waals surface area contributed by atoms with Crippen molar-refractivity contribution < 1.29 is 19.1 Å². The van der Waals surface area contributed by atoms with Crippen molar-refractivity contribution >= 4 is 44.9 Å². The first-order valence-electron chi connectivity index (χ1n) is 8.83. The number of thioether (sulfide) groups is 1. The van der Waals surface area contributed by atoms with E-state index in [4.69, 9.17) is 9.47 Å². The zero-order valence-corrected chi connectivity index (χ0v) is 18.5. The Balaban J connectivity index is 1.86. The van der Waals surface area contributed by atoms with Crippen molar-refractivity contribution in [2.45, 2.75) is 6.61 Å². The number of ether oxygens (including phenoxy) is 2. The Hall–Kier alpha value is -3.02. The maximum atomic E-state index is 12.4. The predicted molar refractivity (Wildman–Crippen MR) is 119 cm³/mol. The predicted octanol–water partition coefficient (Wildman–Crippen LogP) is 5.13. The van der Waals surface area contributed by atoms with E-state index in [1.54, 1.807) is 30.3 Å². The van der Waals surface area contributed by atoms with Gasteiger partial charge in [-0.25, -0.2) is 0 Å². The first kappa shape index (κ1) is 21.7. The van der Waals surface area contributed by atoms with E-state index in [0.29, 0.717) is 32.0 Å². The number of imide groups is 1. The number of nitrogens with zero attached hydrogens (tertiary/aromatic N) is 2. The van der Waals surface area contributed by atoms with Crippen LogP contribution in [0.3, 0.4) is 0 Å². The summed E-state index contributed by atoms with van der Waals surface area (Å²) in [7, 11) is 1.51. The summed E-state index contributed by atoms with van der Waals surface area (Å²) in [6.07, 6.45) is 3.14. The van der Waals surface area contributed by atoms with E-state index in [1.165, 1.54) is 13.2 Å². The van der Waals surface area contributed by atoms with Crippen LogP contribution in [0.15, 0.2) is 58.4 Å². The summed E-state index contributed by atoms with van der Waals surface area (Å²) < 4.78 is 12.0. The Morgan fingerprint density at radius 1 is 1.27 bits per heavy atom. The Kier molecular flexibility index (Phi) is 6.98. The minimum atomic E-state index is -0.357. The summed E-state index contributed by atoms with van der Waals surface area (Å²) in [5, 5.41) is 8.89. The number of benzene rings is 2. The van der Waals surface area contributed by atoms with Gasteiger partial charge in [-0.1, -0.05) is 40.2 Å². The summed E-state index contributed by atoms with van der Waals surface area (Å²) in [4.78, 5) is 25.9. The number of nitriles is 1. The summed E-state index contributed by atoms with van der Waals surface area (Å²) in [5.74, 6) is 0.586. The molecule has 6 nitrogen and oxygen atoms in total. The topological polar surface area (TPSA) is 79.6 Å². The Morgan fingerprint density at radius 3 is 2.73 bits per heavy atom. The van der Waals surface area contributed by atoms with Gasteiger partial charge in [0.1, 0.15) is 6.61 Å². The fraction of sp³-hybridized carbons (Fsp3) is 0.136. The molecule has 0 saturated carbocycles. The summed E-state index contributed by atoms with van der Waals surface area (Å²) in [6, 6.07) is 12.8. The molecule has 0 N–H and O–H groups in total. The van der Waals surface area contributed by atoms with Gasteiger partial charge in [-0.2, -0.15) is 5.26 Å². The SMILES string of the molecule is C=CCN1C(=O)S/C(=C/c2cc(OC)c(OCc3ccccc3C#N)cc2Br)C1=O. The maximum Gasteiger partial charge on any atom is 0.293 e. The number of halogens is 1. The van der Waals surface area contributed by atoms with Crippen LogP contribution >= 0.6 is 27.7 Å². The lowest BCUT2D eigenvalue weighted by molar-refractivity contribution is -0.122. The van der Waals surface area contributed by atoms with Gasteiger partial charge < -0.3 is 9.47 Å². The van der Waals surface area contributed by atoms with Crippen molar-refractivity contribution in [3.8, 4) is 17.6 Å². The standard InChI is InChI=1S/C22H17BrN2O4S/c1-3-8-25-21(26)20(30-22(25)27)10-16-9-18(28-2)19(11-17(16)23)29-13-15-7-5-4-6-14(15)12-24/h3-7,9-11H,1,8,13H2,2H3/b20-10+. The molecule has 1 heterocycles. The molecule has 0 unspecified atom stereocenters. The van der Waals surface area contributed by atoms with Crippen LogP contribution in [0.2, 0.25) is 0 Å². The fourth-order valence-electron chi connectivity index (χ4n) is 2.77. The van der Waals surface area contributed by atoms with E-state index in [9.17, 15) is 14.9 Å².